The average molecular weight is 422 g/mol. The Morgan fingerprint density at radius 1 is 1.14 bits per heavy atom. The van der Waals surface area contributed by atoms with Crippen LogP contribution in [0, 0.1) is 0 Å². The lowest BCUT2D eigenvalue weighted by molar-refractivity contribution is -0.206. The van der Waals surface area contributed by atoms with E-state index < -0.39 is 34.1 Å². The van der Waals surface area contributed by atoms with Crippen molar-refractivity contribution in [3.63, 3.8) is 0 Å². The Morgan fingerprint density at radius 2 is 1.86 bits per heavy atom. The molecule has 0 bridgehead atoms. The molecular formula is C20H20F2N2O4S. The topological polar surface area (TPSA) is 75.7 Å². The number of rotatable bonds is 3. The molecule has 9 heteroatoms. The summed E-state index contributed by atoms with van der Waals surface area (Å²) in [6.07, 6.45) is -2.59. The minimum atomic E-state index is -4.06. The average Bonchev–Trinajstić information content (AvgIpc) is 3.02. The number of carbonyl (C=O) groups excluding carboxylic acids is 1. The maximum absolute atomic E-state index is 14.8. The SMILES string of the molecule is CS(=O)(=O)NC1CCN2C(=O)C(F)(F)Oc3c(cccc3-c3ccccc3)CC12. The van der Waals surface area contributed by atoms with Gasteiger partial charge in [-0.3, -0.25) is 4.79 Å². The minimum absolute atomic E-state index is 0.0311. The first kappa shape index (κ1) is 19.8. The summed E-state index contributed by atoms with van der Waals surface area (Å²) >= 11 is 0. The smallest absolute Gasteiger partial charge is 0.424 e. The number of benzene rings is 2. The first-order chi connectivity index (χ1) is 13.7. The third-order valence-electron chi connectivity index (χ3n) is 5.26. The van der Waals surface area contributed by atoms with E-state index in [0.717, 1.165) is 11.2 Å². The molecule has 2 aliphatic heterocycles. The van der Waals surface area contributed by atoms with Gasteiger partial charge in [0.25, 0.3) is 0 Å². The molecule has 154 valence electrons. The summed E-state index contributed by atoms with van der Waals surface area (Å²) in [5.74, 6) is -1.50. The monoisotopic (exact) mass is 422 g/mol. The maximum Gasteiger partial charge on any atom is 0.482 e. The van der Waals surface area contributed by atoms with Crippen molar-refractivity contribution in [2.45, 2.75) is 31.0 Å². The van der Waals surface area contributed by atoms with Gasteiger partial charge in [-0.05, 0) is 24.0 Å². The van der Waals surface area contributed by atoms with Gasteiger partial charge in [-0.1, -0.05) is 48.5 Å². The zero-order valence-electron chi connectivity index (χ0n) is 15.6. The molecule has 6 nitrogen and oxygen atoms in total. The molecule has 2 heterocycles. The van der Waals surface area contributed by atoms with Crippen LogP contribution in [0.4, 0.5) is 8.78 Å². The first-order valence-corrected chi connectivity index (χ1v) is 11.1. The van der Waals surface area contributed by atoms with Crippen molar-refractivity contribution in [2.24, 2.45) is 0 Å². The lowest BCUT2D eigenvalue weighted by Gasteiger charge is -2.34. The summed E-state index contributed by atoms with van der Waals surface area (Å²) in [7, 11) is -3.56. The van der Waals surface area contributed by atoms with Gasteiger partial charge in [-0.15, -0.1) is 0 Å². The van der Waals surface area contributed by atoms with Crippen molar-refractivity contribution in [3.05, 3.63) is 54.1 Å². The number of hydrogen-bond donors (Lipinski definition) is 1. The number of para-hydroxylation sites is 1. The molecule has 2 aromatic carbocycles. The highest BCUT2D eigenvalue weighted by Crippen LogP contribution is 2.41. The first-order valence-electron chi connectivity index (χ1n) is 9.18. The van der Waals surface area contributed by atoms with E-state index in [1.807, 2.05) is 6.07 Å². The van der Waals surface area contributed by atoms with E-state index in [2.05, 4.69) is 4.72 Å². The van der Waals surface area contributed by atoms with Gasteiger partial charge in [0.2, 0.25) is 10.0 Å². The number of nitrogens with one attached hydrogen (secondary N) is 1. The van der Waals surface area contributed by atoms with Gasteiger partial charge in [0.1, 0.15) is 5.75 Å². The Kier molecular flexibility index (Phi) is 4.82. The molecule has 0 radical (unpaired) electrons. The summed E-state index contributed by atoms with van der Waals surface area (Å²) < 4.78 is 60.5. The van der Waals surface area contributed by atoms with E-state index in [-0.39, 0.29) is 25.1 Å². The zero-order chi connectivity index (χ0) is 20.8. The number of ether oxygens (including phenoxy) is 1. The molecule has 2 aromatic rings. The van der Waals surface area contributed by atoms with Crippen LogP contribution in [-0.2, 0) is 21.2 Å². The number of nitrogens with zero attached hydrogens (tertiary/aromatic N) is 1. The highest BCUT2D eigenvalue weighted by atomic mass is 32.2. The molecule has 2 aliphatic rings. The van der Waals surface area contributed by atoms with Crippen LogP contribution in [0.2, 0.25) is 0 Å². The molecule has 1 N–H and O–H groups in total. The van der Waals surface area contributed by atoms with Gasteiger partial charge in [-0.25, -0.2) is 13.1 Å². The quantitative estimate of drug-likeness (QED) is 0.824. The fourth-order valence-electron chi connectivity index (χ4n) is 4.05. The molecule has 0 spiro atoms. The minimum Gasteiger partial charge on any atom is -0.424 e. The highest BCUT2D eigenvalue weighted by Gasteiger charge is 2.52. The second-order valence-electron chi connectivity index (χ2n) is 7.33. The lowest BCUT2D eigenvalue weighted by atomic mass is 9.95. The van der Waals surface area contributed by atoms with Crippen LogP contribution in [0.1, 0.15) is 12.0 Å². The van der Waals surface area contributed by atoms with Crippen LogP contribution in [0.25, 0.3) is 11.1 Å². The van der Waals surface area contributed by atoms with Gasteiger partial charge in [-0.2, -0.15) is 8.78 Å². The highest BCUT2D eigenvalue weighted by molar-refractivity contribution is 7.88. The molecule has 29 heavy (non-hydrogen) atoms. The van der Waals surface area contributed by atoms with Crippen molar-refractivity contribution in [3.8, 4) is 16.9 Å². The van der Waals surface area contributed by atoms with Crippen molar-refractivity contribution in [2.75, 3.05) is 12.8 Å². The fraction of sp³-hybridized carbons (Fsp3) is 0.350. The molecule has 1 fully saturated rings. The Labute approximate surface area is 167 Å². The Morgan fingerprint density at radius 3 is 2.55 bits per heavy atom. The van der Waals surface area contributed by atoms with Crippen molar-refractivity contribution >= 4 is 15.9 Å². The molecule has 0 aromatic heterocycles. The van der Waals surface area contributed by atoms with Crippen molar-refractivity contribution in [1.29, 1.82) is 0 Å². The van der Waals surface area contributed by atoms with Gasteiger partial charge < -0.3 is 9.64 Å². The molecule has 0 aliphatic carbocycles. The Hall–Kier alpha value is -2.52. The van der Waals surface area contributed by atoms with Crippen molar-refractivity contribution in [1.82, 2.24) is 9.62 Å². The number of hydrogen-bond acceptors (Lipinski definition) is 4. The van der Waals surface area contributed by atoms with Crippen LogP contribution in [0.5, 0.6) is 5.75 Å². The number of fused-ring (bicyclic) bond motifs is 2. The number of alkyl halides is 2. The zero-order valence-corrected chi connectivity index (χ0v) is 16.5. The Balaban J connectivity index is 1.82. The summed E-state index contributed by atoms with van der Waals surface area (Å²) in [5, 5.41) is 0. The number of sulfonamides is 1. The van der Waals surface area contributed by atoms with Crippen LogP contribution in [0.15, 0.2) is 48.5 Å². The largest absolute Gasteiger partial charge is 0.482 e. The molecule has 4 rings (SSSR count). The van der Waals surface area contributed by atoms with E-state index in [0.29, 0.717) is 16.7 Å². The Bertz CT molecular complexity index is 1040. The van der Waals surface area contributed by atoms with E-state index in [1.54, 1.807) is 42.5 Å². The van der Waals surface area contributed by atoms with E-state index in [4.69, 9.17) is 4.74 Å². The normalized spacial score (nSPS) is 23.6. The predicted octanol–water partition coefficient (Wildman–Crippen LogP) is 2.40. The molecule has 0 saturated carbocycles. The van der Waals surface area contributed by atoms with Crippen LogP contribution < -0.4 is 9.46 Å². The molecule has 2 atom stereocenters. The number of carbonyl (C=O) groups is 1. The van der Waals surface area contributed by atoms with Gasteiger partial charge in [0, 0.05) is 18.2 Å². The fourth-order valence-corrected chi connectivity index (χ4v) is 4.87. The second-order valence-corrected chi connectivity index (χ2v) is 9.11. The molecule has 2 unspecified atom stereocenters. The van der Waals surface area contributed by atoms with E-state index in [1.165, 1.54) is 0 Å². The maximum atomic E-state index is 14.8. The van der Waals surface area contributed by atoms with Gasteiger partial charge in [0.05, 0.1) is 12.3 Å². The lowest BCUT2D eigenvalue weighted by Crippen LogP contribution is -2.54. The third-order valence-corrected chi connectivity index (χ3v) is 5.99. The summed E-state index contributed by atoms with van der Waals surface area (Å²) in [6, 6.07) is 12.6. The van der Waals surface area contributed by atoms with Gasteiger partial charge in [0.15, 0.2) is 0 Å². The van der Waals surface area contributed by atoms with Gasteiger partial charge >= 0.3 is 12.0 Å². The second kappa shape index (κ2) is 7.07. The summed E-state index contributed by atoms with van der Waals surface area (Å²) in [5.41, 5.74) is 1.63. The van der Waals surface area contributed by atoms with Crippen LogP contribution >= 0.6 is 0 Å². The molecule has 1 saturated heterocycles. The van der Waals surface area contributed by atoms with Crippen LogP contribution in [-0.4, -0.2) is 50.2 Å². The summed E-state index contributed by atoms with van der Waals surface area (Å²) in [6.45, 7) is 0.0311. The molecule has 1 amide bonds. The number of halogens is 2. The number of amides is 1. The standard InChI is InChI=1S/C20H20F2N2O4S/c1-29(26,27)23-16-10-11-24-17(16)12-14-8-5-9-15(13-6-3-2-4-7-13)18(14)28-20(21,22)19(24)25/h2-9,16-17,23H,10-12H2,1H3. The van der Waals surface area contributed by atoms with Crippen LogP contribution in [0.3, 0.4) is 0 Å². The third kappa shape index (κ3) is 3.84. The molecular weight excluding hydrogens is 402 g/mol. The van der Waals surface area contributed by atoms with E-state index >= 15 is 0 Å². The summed E-state index contributed by atoms with van der Waals surface area (Å²) in [4.78, 5) is 13.6. The van der Waals surface area contributed by atoms with E-state index in [9.17, 15) is 22.0 Å². The van der Waals surface area contributed by atoms with Crippen molar-refractivity contribution < 1.29 is 26.7 Å². The predicted molar refractivity (Wildman–Crippen MR) is 103 cm³/mol.